The van der Waals surface area contributed by atoms with E-state index in [9.17, 15) is 43.6 Å². The van der Waals surface area contributed by atoms with Crippen molar-refractivity contribution in [3.63, 3.8) is 0 Å². The Morgan fingerprint density at radius 3 is 2.74 bits per heavy atom. The van der Waals surface area contributed by atoms with Crippen molar-refractivity contribution in [3.05, 3.63) is 46.0 Å². The van der Waals surface area contributed by atoms with Crippen molar-refractivity contribution in [2.75, 3.05) is 24.2 Å². The lowest BCUT2D eigenvalue weighted by atomic mass is 10.0. The van der Waals surface area contributed by atoms with Crippen molar-refractivity contribution in [1.29, 1.82) is 0 Å². The highest BCUT2D eigenvalue weighted by atomic mass is 31.2. The number of rotatable bonds is 13. The molecule has 0 aliphatic carbocycles. The van der Waals surface area contributed by atoms with Crippen molar-refractivity contribution in [2.45, 2.75) is 75.7 Å². The number of carbonyl (C=O) groups is 4. The van der Waals surface area contributed by atoms with Gasteiger partial charge in [-0.3, -0.25) is 43.4 Å². The summed E-state index contributed by atoms with van der Waals surface area (Å²) in [4.78, 5) is 83.5. The van der Waals surface area contributed by atoms with Gasteiger partial charge in [0.25, 0.3) is 11.5 Å². The number of nitrogens with two attached hydrogens (primary N) is 1. The molecule has 50 heavy (non-hydrogen) atoms. The maximum absolute atomic E-state index is 13.0. The summed E-state index contributed by atoms with van der Waals surface area (Å²) in [5, 5.41) is 28.5. The Labute approximate surface area is 282 Å². The van der Waals surface area contributed by atoms with Crippen LogP contribution in [-0.4, -0.2) is 101 Å². The molecular formula is C29H36N9O11P. The molecule has 2 saturated heterocycles. The first kappa shape index (κ1) is 35.3. The van der Waals surface area contributed by atoms with E-state index in [4.69, 9.17) is 15.0 Å². The quantitative estimate of drug-likeness (QED) is 0.0597. The molecule has 20 nitrogen and oxygen atoms in total. The zero-order chi connectivity index (χ0) is 35.7. The van der Waals surface area contributed by atoms with E-state index >= 15 is 0 Å². The summed E-state index contributed by atoms with van der Waals surface area (Å²) in [5.74, 6) is -1.73. The molecule has 21 heteroatoms. The van der Waals surface area contributed by atoms with Gasteiger partial charge in [0.1, 0.15) is 24.4 Å². The topological polar surface area (TPSA) is 293 Å². The molecule has 6 atom stereocenters. The van der Waals surface area contributed by atoms with Crippen molar-refractivity contribution in [2.24, 2.45) is 0 Å². The van der Waals surface area contributed by atoms with Crippen LogP contribution >= 0.6 is 7.75 Å². The Bertz CT molecular complexity index is 1930. The average molecular weight is 718 g/mol. The summed E-state index contributed by atoms with van der Waals surface area (Å²) in [6.45, 7) is -0.365. The molecule has 5 heterocycles. The minimum absolute atomic E-state index is 0.00878. The number of anilines is 2. The summed E-state index contributed by atoms with van der Waals surface area (Å²) in [6, 6.07) is 4.17. The number of hydrogen-bond donors (Lipinski definition) is 8. The van der Waals surface area contributed by atoms with Gasteiger partial charge in [-0.2, -0.15) is 4.98 Å². The summed E-state index contributed by atoms with van der Waals surface area (Å²) in [5.41, 5.74) is 6.37. The molecule has 3 aromatic rings. The molecule has 4 amide bonds. The van der Waals surface area contributed by atoms with E-state index in [1.807, 2.05) is 0 Å². The van der Waals surface area contributed by atoms with Crippen LogP contribution in [0.2, 0.25) is 0 Å². The molecule has 9 N–H and O–H groups in total. The van der Waals surface area contributed by atoms with Crippen molar-refractivity contribution >= 4 is 54.2 Å². The van der Waals surface area contributed by atoms with E-state index in [0.717, 1.165) is 0 Å². The van der Waals surface area contributed by atoms with Crippen LogP contribution in [0.4, 0.5) is 11.6 Å². The predicted octanol–water partition coefficient (Wildman–Crippen LogP) is -1.01. The lowest BCUT2D eigenvalue weighted by Gasteiger charge is -2.29. The Hall–Kier alpha value is -4.56. The Morgan fingerprint density at radius 1 is 1.16 bits per heavy atom. The number of aromatic amines is 1. The summed E-state index contributed by atoms with van der Waals surface area (Å²) < 4.78 is 24.5. The number of aliphatic hydroxyl groups excluding tert-OH is 2. The largest absolute Gasteiger partial charge is 0.403 e. The van der Waals surface area contributed by atoms with Gasteiger partial charge >= 0.3 is 7.75 Å². The molecule has 3 aliphatic rings. The van der Waals surface area contributed by atoms with E-state index in [2.05, 4.69) is 30.7 Å². The first-order valence-electron chi connectivity index (χ1n) is 15.9. The zero-order valence-electron chi connectivity index (χ0n) is 26.5. The molecule has 0 spiro atoms. The third-order valence-corrected chi connectivity index (χ3v) is 9.85. The number of benzene rings is 1. The van der Waals surface area contributed by atoms with Crippen LogP contribution in [0.15, 0.2) is 29.3 Å². The number of aliphatic hydroxyl groups is 2. The Kier molecular flexibility index (Phi) is 10.1. The van der Waals surface area contributed by atoms with Crippen LogP contribution in [0.5, 0.6) is 0 Å². The third-order valence-electron chi connectivity index (χ3n) is 8.72. The van der Waals surface area contributed by atoms with Crippen LogP contribution < -0.4 is 27.0 Å². The number of unbranched alkanes of at least 4 members (excludes halogenated alkanes) is 2. The Morgan fingerprint density at radius 2 is 1.96 bits per heavy atom. The number of amides is 4. The number of nitrogen functional groups attached to an aromatic ring is 1. The number of fused-ring (bicyclic) bond motifs is 2. The summed E-state index contributed by atoms with van der Waals surface area (Å²) >= 11 is 0. The number of imide groups is 1. The number of ether oxygens (including phenoxy) is 1. The first-order chi connectivity index (χ1) is 23.8. The number of nitrogens with one attached hydrogen (secondary N) is 4. The standard InChI is InChI=1S/C29H36N9O11P/c30-29-35-24-21(26(44)36-29)31-13-38(24)28-23(42)22(41)18(49-28)12-48-50(46,47)32-10-3-1-2-7-19(39)33-16-6-4-5-14-15(16)11-37(27(14)45)17-8-9-20(40)34-25(17)43/h4-6,13,17-18,22-23,28,41-42H,1-3,7-12H2,(H,33,39)(H2,32,46,47)(H,34,40,43)(H3,30,35,36,44)/t17?,18-,22-,23-,28-/m1/s1. The molecule has 268 valence electrons. The SMILES string of the molecule is Nc1nc2c(ncn2[C@@H]2O[C@H](COP(=O)(O)NCCCCCC(=O)Nc3cccc4c3CN(C3CCC(=O)NC3=O)C4=O)[C@@H](O)[C@H]2O)c(=O)[nH]1. The molecule has 0 bridgehead atoms. The fourth-order valence-corrected chi connectivity index (χ4v) is 7.05. The predicted molar refractivity (Wildman–Crippen MR) is 172 cm³/mol. The molecule has 2 aromatic heterocycles. The van der Waals surface area contributed by atoms with Gasteiger partial charge in [0.05, 0.1) is 12.9 Å². The second-order valence-electron chi connectivity index (χ2n) is 12.1. The Balaban J connectivity index is 0.916. The van der Waals surface area contributed by atoms with Gasteiger partial charge in [-0.15, -0.1) is 0 Å². The highest BCUT2D eigenvalue weighted by Crippen LogP contribution is 2.39. The van der Waals surface area contributed by atoms with E-state index in [-0.39, 0.29) is 67.2 Å². The molecule has 3 aliphatic heterocycles. The lowest BCUT2D eigenvalue weighted by Crippen LogP contribution is -2.52. The van der Waals surface area contributed by atoms with E-state index in [1.54, 1.807) is 18.2 Å². The van der Waals surface area contributed by atoms with Crippen LogP contribution in [-0.2, 0) is 34.8 Å². The lowest BCUT2D eigenvalue weighted by molar-refractivity contribution is -0.137. The van der Waals surface area contributed by atoms with Crippen LogP contribution in [0.3, 0.4) is 0 Å². The number of H-pyrrole nitrogens is 1. The van der Waals surface area contributed by atoms with Gasteiger partial charge in [0.15, 0.2) is 17.4 Å². The number of piperidine rings is 1. The van der Waals surface area contributed by atoms with Crippen LogP contribution in [0.25, 0.3) is 11.2 Å². The van der Waals surface area contributed by atoms with Gasteiger partial charge in [-0.1, -0.05) is 12.5 Å². The average Bonchev–Trinajstić information content (AvgIpc) is 3.72. The van der Waals surface area contributed by atoms with Crippen LogP contribution in [0.1, 0.15) is 60.7 Å². The third kappa shape index (κ3) is 7.31. The van der Waals surface area contributed by atoms with Crippen molar-refractivity contribution in [1.82, 2.24) is 34.8 Å². The maximum Gasteiger partial charge on any atom is 0.403 e. The number of carbonyl (C=O) groups excluding carboxylic acids is 4. The maximum atomic E-state index is 13.0. The second kappa shape index (κ2) is 14.4. The number of nitrogens with zero attached hydrogens (tertiary/aromatic N) is 4. The highest BCUT2D eigenvalue weighted by molar-refractivity contribution is 7.50. The highest BCUT2D eigenvalue weighted by Gasteiger charge is 2.45. The van der Waals surface area contributed by atoms with Gasteiger partial charge in [0, 0.05) is 42.7 Å². The minimum atomic E-state index is -4.34. The van der Waals surface area contributed by atoms with Gasteiger partial charge < -0.3 is 35.8 Å². The number of hydrogen-bond acceptors (Lipinski definition) is 13. The molecule has 0 saturated carbocycles. The zero-order valence-corrected chi connectivity index (χ0v) is 27.4. The van der Waals surface area contributed by atoms with E-state index in [1.165, 1.54) is 15.8 Å². The van der Waals surface area contributed by atoms with Gasteiger partial charge in [-0.25, -0.2) is 14.6 Å². The molecule has 2 unspecified atom stereocenters. The summed E-state index contributed by atoms with van der Waals surface area (Å²) in [7, 11) is -4.34. The summed E-state index contributed by atoms with van der Waals surface area (Å²) in [6.07, 6.45) is -2.38. The molecular weight excluding hydrogens is 681 g/mol. The van der Waals surface area contributed by atoms with E-state index in [0.29, 0.717) is 36.1 Å². The normalized spacial score (nSPS) is 24.7. The molecule has 6 rings (SSSR count). The van der Waals surface area contributed by atoms with Crippen LogP contribution in [0, 0.1) is 0 Å². The first-order valence-corrected chi connectivity index (χ1v) is 17.4. The fourth-order valence-electron chi connectivity index (χ4n) is 6.17. The fraction of sp³-hybridized carbons (Fsp3) is 0.483. The monoisotopic (exact) mass is 717 g/mol. The van der Waals surface area contributed by atoms with Crippen molar-refractivity contribution in [3.8, 4) is 0 Å². The molecule has 0 radical (unpaired) electrons. The smallest absolute Gasteiger partial charge is 0.387 e. The van der Waals surface area contributed by atoms with E-state index < -0.39 is 56.4 Å². The second-order valence-corrected chi connectivity index (χ2v) is 13.8. The van der Waals surface area contributed by atoms with Crippen molar-refractivity contribution < 1.29 is 48.1 Å². The molecule has 1 aromatic carbocycles. The van der Waals surface area contributed by atoms with Gasteiger partial charge in [0.2, 0.25) is 23.7 Å². The molecule has 2 fully saturated rings. The minimum Gasteiger partial charge on any atom is -0.387 e. The van der Waals surface area contributed by atoms with Gasteiger partial charge in [-0.05, 0) is 31.4 Å². The number of aromatic nitrogens is 4. The number of imidazole rings is 1.